The summed E-state index contributed by atoms with van der Waals surface area (Å²) in [4.78, 5) is 8.76. The van der Waals surface area contributed by atoms with Crippen LogP contribution < -0.4 is 11.3 Å². The zero-order valence-electron chi connectivity index (χ0n) is 8.29. The Hall–Kier alpha value is -1.20. The number of nitrogen functional groups attached to an aromatic ring is 1. The summed E-state index contributed by atoms with van der Waals surface area (Å²) in [6, 6.07) is 5.83. The lowest BCUT2D eigenvalue weighted by Crippen LogP contribution is -2.11. The lowest BCUT2D eigenvalue weighted by molar-refractivity contribution is 0.958. The first-order valence-corrected chi connectivity index (χ1v) is 5.47. The van der Waals surface area contributed by atoms with Crippen molar-refractivity contribution in [2.24, 2.45) is 5.84 Å². The number of aromatic nitrogens is 2. The predicted molar refractivity (Wildman–Crippen MR) is 64.4 cm³/mol. The molecule has 0 aliphatic carbocycles. The van der Waals surface area contributed by atoms with Crippen molar-refractivity contribution in [3.05, 3.63) is 28.5 Å². The van der Waals surface area contributed by atoms with Crippen molar-refractivity contribution < 1.29 is 0 Å². The molecule has 0 saturated heterocycles. The fraction of sp³-hybridized carbons (Fsp3) is 0.200. The van der Waals surface area contributed by atoms with Gasteiger partial charge in [-0.05, 0) is 28.1 Å². The quantitative estimate of drug-likeness (QED) is 0.647. The Bertz CT molecular complexity index is 498. The highest BCUT2D eigenvalue weighted by Gasteiger charge is 2.07. The normalized spacial score (nSPS) is 10.6. The number of nitrogens with two attached hydrogens (primary N) is 1. The lowest BCUT2D eigenvalue weighted by atomic mass is 10.2. The van der Waals surface area contributed by atoms with Crippen molar-refractivity contribution in [3.8, 4) is 0 Å². The largest absolute Gasteiger partial charge is 0.308 e. The van der Waals surface area contributed by atoms with Crippen LogP contribution in [0.25, 0.3) is 10.9 Å². The van der Waals surface area contributed by atoms with Gasteiger partial charge in [-0.25, -0.2) is 15.8 Å². The van der Waals surface area contributed by atoms with Gasteiger partial charge in [0, 0.05) is 16.3 Å². The molecule has 0 amide bonds. The lowest BCUT2D eigenvalue weighted by Gasteiger charge is -2.07. The Morgan fingerprint density at radius 1 is 1.40 bits per heavy atom. The summed E-state index contributed by atoms with van der Waals surface area (Å²) in [5.74, 6) is 6.88. The molecule has 1 heterocycles. The van der Waals surface area contributed by atoms with E-state index < -0.39 is 0 Å². The Morgan fingerprint density at radius 2 is 2.20 bits per heavy atom. The van der Waals surface area contributed by atoms with Crippen molar-refractivity contribution in [3.63, 3.8) is 0 Å². The summed E-state index contributed by atoms with van der Waals surface area (Å²) in [5, 5.41) is 0.920. The van der Waals surface area contributed by atoms with E-state index in [-0.39, 0.29) is 0 Å². The minimum absolute atomic E-state index is 0.665. The average molecular weight is 267 g/mol. The molecular formula is C10H11BrN4. The van der Waals surface area contributed by atoms with Gasteiger partial charge in [-0.15, -0.1) is 0 Å². The fourth-order valence-electron chi connectivity index (χ4n) is 1.43. The maximum atomic E-state index is 5.43. The van der Waals surface area contributed by atoms with E-state index >= 15 is 0 Å². The van der Waals surface area contributed by atoms with Crippen molar-refractivity contribution in [1.82, 2.24) is 9.97 Å². The average Bonchev–Trinajstić information content (AvgIpc) is 2.28. The van der Waals surface area contributed by atoms with Gasteiger partial charge in [-0.2, -0.15) is 0 Å². The molecule has 0 aliphatic heterocycles. The number of nitrogens with zero attached hydrogens (tertiary/aromatic N) is 2. The van der Waals surface area contributed by atoms with E-state index in [0.717, 1.165) is 27.6 Å². The molecule has 2 rings (SSSR count). The van der Waals surface area contributed by atoms with Gasteiger partial charge in [0.1, 0.15) is 5.82 Å². The van der Waals surface area contributed by atoms with Gasteiger partial charge in [0.25, 0.3) is 0 Å². The van der Waals surface area contributed by atoms with E-state index in [2.05, 4.69) is 31.3 Å². The predicted octanol–water partition coefficient (Wildman–Crippen LogP) is 2.24. The van der Waals surface area contributed by atoms with Crippen LogP contribution in [0.1, 0.15) is 12.7 Å². The molecule has 0 atom stereocenters. The molecule has 0 aliphatic rings. The summed E-state index contributed by atoms with van der Waals surface area (Å²) in [6.45, 7) is 2.01. The minimum atomic E-state index is 0.665. The Morgan fingerprint density at radius 3 is 2.87 bits per heavy atom. The number of benzene rings is 1. The summed E-state index contributed by atoms with van der Waals surface area (Å²) in [6.07, 6.45) is 0.784. The van der Waals surface area contributed by atoms with Crippen LogP contribution in [0, 0.1) is 0 Å². The molecule has 4 nitrogen and oxygen atoms in total. The molecule has 0 bridgehead atoms. The number of rotatable bonds is 2. The highest BCUT2D eigenvalue weighted by molar-refractivity contribution is 9.10. The van der Waals surface area contributed by atoms with E-state index in [1.54, 1.807) is 0 Å². The third-order valence-electron chi connectivity index (χ3n) is 2.18. The van der Waals surface area contributed by atoms with Gasteiger partial charge in [0.2, 0.25) is 0 Å². The van der Waals surface area contributed by atoms with Gasteiger partial charge in [0.05, 0.1) is 5.52 Å². The number of nitrogens with one attached hydrogen (secondary N) is 1. The van der Waals surface area contributed by atoms with Gasteiger partial charge < -0.3 is 5.43 Å². The monoisotopic (exact) mass is 266 g/mol. The highest BCUT2D eigenvalue weighted by atomic mass is 79.9. The first-order valence-electron chi connectivity index (χ1n) is 4.68. The van der Waals surface area contributed by atoms with Crippen molar-refractivity contribution in [2.75, 3.05) is 5.43 Å². The zero-order chi connectivity index (χ0) is 10.8. The number of hydrogen-bond acceptors (Lipinski definition) is 4. The topological polar surface area (TPSA) is 63.8 Å². The molecule has 78 valence electrons. The maximum absolute atomic E-state index is 5.43. The molecule has 0 fully saturated rings. The molecule has 0 unspecified atom stereocenters. The second-order valence-electron chi connectivity index (χ2n) is 3.12. The minimum Gasteiger partial charge on any atom is -0.308 e. The molecule has 1 aromatic heterocycles. The van der Waals surface area contributed by atoms with E-state index in [0.29, 0.717) is 5.82 Å². The maximum Gasteiger partial charge on any atom is 0.151 e. The van der Waals surface area contributed by atoms with Crippen molar-refractivity contribution in [1.29, 1.82) is 0 Å². The third-order valence-corrected chi connectivity index (χ3v) is 2.82. The first-order chi connectivity index (χ1) is 7.26. The van der Waals surface area contributed by atoms with E-state index in [4.69, 9.17) is 5.84 Å². The molecule has 0 saturated carbocycles. The number of para-hydroxylation sites is 1. The van der Waals surface area contributed by atoms with E-state index in [1.165, 1.54) is 0 Å². The molecule has 15 heavy (non-hydrogen) atoms. The summed E-state index contributed by atoms with van der Waals surface area (Å²) in [7, 11) is 0. The number of hydrogen-bond donors (Lipinski definition) is 2. The van der Waals surface area contributed by atoms with E-state index in [9.17, 15) is 0 Å². The number of aryl methyl sites for hydroxylation is 1. The SMILES string of the molecule is CCc1nc(NN)c2cccc(Br)c2n1. The second-order valence-corrected chi connectivity index (χ2v) is 3.98. The molecule has 1 aromatic carbocycles. The van der Waals surface area contributed by atoms with Crippen LogP contribution in [0.15, 0.2) is 22.7 Å². The highest BCUT2D eigenvalue weighted by Crippen LogP contribution is 2.26. The Labute approximate surface area is 96.0 Å². The van der Waals surface area contributed by atoms with Crippen LogP contribution >= 0.6 is 15.9 Å². The van der Waals surface area contributed by atoms with Crippen LogP contribution in [0.3, 0.4) is 0 Å². The van der Waals surface area contributed by atoms with Crippen molar-refractivity contribution >= 4 is 32.7 Å². The third kappa shape index (κ3) is 1.80. The number of halogens is 1. The Balaban J connectivity index is 2.80. The molecular weight excluding hydrogens is 256 g/mol. The van der Waals surface area contributed by atoms with Gasteiger partial charge >= 0.3 is 0 Å². The molecule has 3 N–H and O–H groups in total. The summed E-state index contributed by atoms with van der Waals surface area (Å²) in [5.41, 5.74) is 3.49. The molecule has 5 heteroatoms. The van der Waals surface area contributed by atoms with E-state index in [1.807, 2.05) is 25.1 Å². The second kappa shape index (κ2) is 4.12. The van der Waals surface area contributed by atoms with Crippen LogP contribution in [0.2, 0.25) is 0 Å². The van der Waals surface area contributed by atoms with Crippen molar-refractivity contribution in [2.45, 2.75) is 13.3 Å². The Kier molecular flexibility index (Phi) is 2.83. The van der Waals surface area contributed by atoms with Crippen LogP contribution in [0.4, 0.5) is 5.82 Å². The zero-order valence-corrected chi connectivity index (χ0v) is 9.87. The van der Waals surface area contributed by atoms with Gasteiger partial charge in [-0.1, -0.05) is 13.0 Å². The molecule has 0 radical (unpaired) electrons. The summed E-state index contributed by atoms with van der Waals surface area (Å²) >= 11 is 3.46. The number of hydrazine groups is 1. The van der Waals surface area contributed by atoms with Crippen LogP contribution in [-0.4, -0.2) is 9.97 Å². The smallest absolute Gasteiger partial charge is 0.151 e. The summed E-state index contributed by atoms with van der Waals surface area (Å²) < 4.78 is 0.952. The molecule has 0 spiro atoms. The van der Waals surface area contributed by atoms with Gasteiger partial charge in [0.15, 0.2) is 5.82 Å². The van der Waals surface area contributed by atoms with Crippen LogP contribution in [0.5, 0.6) is 0 Å². The first kappa shape index (κ1) is 10.3. The van der Waals surface area contributed by atoms with Crippen LogP contribution in [-0.2, 0) is 6.42 Å². The standard InChI is InChI=1S/C10H11BrN4/c1-2-8-13-9-6(10(14-8)15-12)4-3-5-7(9)11/h3-5H,2,12H2,1H3,(H,13,14,15). The fourth-order valence-corrected chi connectivity index (χ4v) is 1.89. The molecule has 2 aromatic rings. The number of fused-ring (bicyclic) bond motifs is 1. The number of anilines is 1. The van der Waals surface area contributed by atoms with Gasteiger partial charge in [-0.3, -0.25) is 0 Å².